The van der Waals surface area contributed by atoms with E-state index in [0.717, 1.165) is 16.7 Å². The molecule has 7 nitrogen and oxygen atoms in total. The molecule has 0 aliphatic rings. The van der Waals surface area contributed by atoms with E-state index in [1.165, 1.54) is 0 Å². The lowest BCUT2D eigenvalue weighted by atomic mass is 10.1. The van der Waals surface area contributed by atoms with Crippen LogP contribution in [0.3, 0.4) is 0 Å². The van der Waals surface area contributed by atoms with Crippen LogP contribution in [-0.2, 0) is 11.3 Å². The van der Waals surface area contributed by atoms with Crippen molar-refractivity contribution in [3.05, 3.63) is 71.1 Å². The molecule has 1 heterocycles. The number of aromatic nitrogens is 2. The van der Waals surface area contributed by atoms with Crippen molar-refractivity contribution in [3.63, 3.8) is 0 Å². The maximum atomic E-state index is 12.2. The lowest BCUT2D eigenvalue weighted by Crippen LogP contribution is -2.36. The molecule has 3 rings (SSSR count). The number of nitrogens with zero attached hydrogens (tertiary/aromatic N) is 2. The highest BCUT2D eigenvalue weighted by molar-refractivity contribution is 5.96. The van der Waals surface area contributed by atoms with E-state index < -0.39 is 0 Å². The first kappa shape index (κ1) is 18.3. The molecule has 2 aromatic carbocycles. The molecule has 2 N–H and O–H groups in total. The molecular weight excluding hydrogens is 344 g/mol. The highest BCUT2D eigenvalue weighted by Crippen LogP contribution is 2.16. The van der Waals surface area contributed by atoms with Crippen molar-refractivity contribution in [2.45, 2.75) is 20.4 Å². The van der Waals surface area contributed by atoms with Crippen LogP contribution in [0.1, 0.15) is 27.4 Å². The molecule has 0 atom stereocenters. The van der Waals surface area contributed by atoms with Gasteiger partial charge in [0.2, 0.25) is 17.6 Å². The van der Waals surface area contributed by atoms with Gasteiger partial charge in [0.1, 0.15) is 0 Å². The number of carbonyl (C=O) groups is 2. The normalized spacial score (nSPS) is 10.4. The molecule has 7 heteroatoms. The zero-order valence-electron chi connectivity index (χ0n) is 15.2. The summed E-state index contributed by atoms with van der Waals surface area (Å²) in [5, 5.41) is 9.21. The maximum Gasteiger partial charge on any atom is 0.251 e. The molecule has 0 spiro atoms. The van der Waals surface area contributed by atoms with Crippen molar-refractivity contribution in [2.24, 2.45) is 0 Å². The Bertz CT molecular complexity index is 931. The Balaban J connectivity index is 1.48. The van der Waals surface area contributed by atoms with Crippen molar-refractivity contribution >= 4 is 11.8 Å². The van der Waals surface area contributed by atoms with Gasteiger partial charge in [-0.1, -0.05) is 47.1 Å². The lowest BCUT2D eigenvalue weighted by Gasteiger charge is -2.08. The SMILES string of the molecule is Cc1ccc(CNC(=O)CNC(=O)c2ccc(-c3noc(C)n3)cc2)cc1. The number of hydrogen-bond donors (Lipinski definition) is 2. The molecule has 0 saturated heterocycles. The van der Waals surface area contributed by atoms with Crippen molar-refractivity contribution in [3.8, 4) is 11.4 Å². The summed E-state index contributed by atoms with van der Waals surface area (Å²) in [5.74, 6) is 0.373. The number of benzene rings is 2. The molecule has 2 amide bonds. The Morgan fingerprint density at radius 2 is 1.67 bits per heavy atom. The fraction of sp³-hybridized carbons (Fsp3) is 0.200. The number of aryl methyl sites for hydroxylation is 2. The van der Waals surface area contributed by atoms with Gasteiger partial charge in [-0.2, -0.15) is 4.98 Å². The van der Waals surface area contributed by atoms with E-state index in [1.54, 1.807) is 31.2 Å². The van der Waals surface area contributed by atoms with Crippen LogP contribution in [0.15, 0.2) is 53.1 Å². The topological polar surface area (TPSA) is 97.1 Å². The molecular formula is C20H20N4O3. The van der Waals surface area contributed by atoms with Crippen LogP contribution in [0.2, 0.25) is 0 Å². The van der Waals surface area contributed by atoms with Crippen LogP contribution in [0.5, 0.6) is 0 Å². The molecule has 3 aromatic rings. The number of nitrogens with one attached hydrogen (secondary N) is 2. The summed E-state index contributed by atoms with van der Waals surface area (Å²) in [6.45, 7) is 4.06. The van der Waals surface area contributed by atoms with E-state index in [1.807, 2.05) is 31.2 Å². The summed E-state index contributed by atoms with van der Waals surface area (Å²) < 4.78 is 4.94. The number of carbonyl (C=O) groups excluding carboxylic acids is 2. The summed E-state index contributed by atoms with van der Waals surface area (Å²) in [6.07, 6.45) is 0. The Kier molecular flexibility index (Phi) is 5.61. The molecule has 0 fully saturated rings. The Morgan fingerprint density at radius 1 is 0.963 bits per heavy atom. The van der Waals surface area contributed by atoms with Gasteiger partial charge in [0, 0.05) is 24.6 Å². The second-order valence-corrected chi connectivity index (χ2v) is 6.16. The summed E-state index contributed by atoms with van der Waals surface area (Å²) in [7, 11) is 0. The zero-order valence-corrected chi connectivity index (χ0v) is 15.2. The highest BCUT2D eigenvalue weighted by Gasteiger charge is 2.10. The van der Waals surface area contributed by atoms with E-state index in [-0.39, 0.29) is 18.4 Å². The van der Waals surface area contributed by atoms with E-state index >= 15 is 0 Å². The lowest BCUT2D eigenvalue weighted by molar-refractivity contribution is -0.120. The first-order valence-corrected chi connectivity index (χ1v) is 8.52. The average molecular weight is 364 g/mol. The van der Waals surface area contributed by atoms with Gasteiger partial charge in [-0.3, -0.25) is 9.59 Å². The van der Waals surface area contributed by atoms with Crippen LogP contribution < -0.4 is 10.6 Å². The minimum atomic E-state index is -0.323. The zero-order chi connectivity index (χ0) is 19.2. The highest BCUT2D eigenvalue weighted by atomic mass is 16.5. The summed E-state index contributed by atoms with van der Waals surface area (Å²) >= 11 is 0. The Morgan fingerprint density at radius 3 is 2.30 bits per heavy atom. The second kappa shape index (κ2) is 8.27. The van der Waals surface area contributed by atoms with Gasteiger partial charge >= 0.3 is 0 Å². The molecule has 0 saturated carbocycles. The van der Waals surface area contributed by atoms with Gasteiger partial charge in [-0.25, -0.2) is 0 Å². The summed E-state index contributed by atoms with van der Waals surface area (Å²) in [5.41, 5.74) is 3.37. The Hall–Kier alpha value is -3.48. The molecule has 138 valence electrons. The fourth-order valence-corrected chi connectivity index (χ4v) is 2.42. The van der Waals surface area contributed by atoms with Gasteiger partial charge in [-0.05, 0) is 24.6 Å². The molecule has 1 aromatic heterocycles. The summed E-state index contributed by atoms with van der Waals surface area (Å²) in [4.78, 5) is 28.2. The van der Waals surface area contributed by atoms with Crippen LogP contribution >= 0.6 is 0 Å². The molecule has 27 heavy (non-hydrogen) atoms. The van der Waals surface area contributed by atoms with Crippen molar-refractivity contribution in [2.75, 3.05) is 6.54 Å². The van der Waals surface area contributed by atoms with Crippen LogP contribution in [0.25, 0.3) is 11.4 Å². The van der Waals surface area contributed by atoms with Crippen molar-refractivity contribution in [1.82, 2.24) is 20.8 Å². The first-order valence-electron chi connectivity index (χ1n) is 8.52. The van der Waals surface area contributed by atoms with Crippen LogP contribution in [-0.4, -0.2) is 28.5 Å². The quantitative estimate of drug-likeness (QED) is 0.700. The second-order valence-electron chi connectivity index (χ2n) is 6.16. The third kappa shape index (κ3) is 5.01. The number of amides is 2. The van der Waals surface area contributed by atoms with Crippen molar-refractivity contribution < 1.29 is 14.1 Å². The van der Waals surface area contributed by atoms with Gasteiger partial charge in [-0.15, -0.1) is 0 Å². The van der Waals surface area contributed by atoms with Gasteiger partial charge < -0.3 is 15.2 Å². The fourth-order valence-electron chi connectivity index (χ4n) is 2.42. The van der Waals surface area contributed by atoms with Gasteiger partial charge in [0.05, 0.1) is 6.54 Å². The maximum absolute atomic E-state index is 12.2. The molecule has 0 aliphatic carbocycles. The monoisotopic (exact) mass is 364 g/mol. The molecule has 0 bridgehead atoms. The smallest absolute Gasteiger partial charge is 0.251 e. The standard InChI is InChI=1S/C20H20N4O3/c1-13-3-5-15(6-4-13)11-21-18(25)12-22-20(26)17-9-7-16(8-10-17)19-23-14(2)27-24-19/h3-10H,11-12H2,1-2H3,(H,21,25)(H,22,26). The summed E-state index contributed by atoms with van der Waals surface area (Å²) in [6, 6.07) is 14.7. The minimum absolute atomic E-state index is 0.0868. The molecule has 0 unspecified atom stereocenters. The third-order valence-electron chi connectivity index (χ3n) is 3.95. The van der Waals surface area contributed by atoms with Gasteiger partial charge in [0.15, 0.2) is 0 Å². The Labute approximate surface area is 156 Å². The first-order chi connectivity index (χ1) is 13.0. The predicted molar refractivity (Wildman–Crippen MR) is 99.8 cm³/mol. The third-order valence-corrected chi connectivity index (χ3v) is 3.95. The molecule has 0 aliphatic heterocycles. The van der Waals surface area contributed by atoms with E-state index in [0.29, 0.717) is 23.8 Å². The van der Waals surface area contributed by atoms with E-state index in [4.69, 9.17) is 4.52 Å². The largest absolute Gasteiger partial charge is 0.350 e. The van der Waals surface area contributed by atoms with Crippen LogP contribution in [0.4, 0.5) is 0 Å². The predicted octanol–water partition coefficient (Wildman–Crippen LogP) is 2.40. The van der Waals surface area contributed by atoms with E-state index in [2.05, 4.69) is 20.8 Å². The number of hydrogen-bond acceptors (Lipinski definition) is 5. The van der Waals surface area contributed by atoms with Gasteiger partial charge in [0.25, 0.3) is 5.91 Å². The number of rotatable bonds is 6. The van der Waals surface area contributed by atoms with Crippen LogP contribution in [0, 0.1) is 13.8 Å². The molecule has 0 radical (unpaired) electrons. The minimum Gasteiger partial charge on any atom is -0.350 e. The van der Waals surface area contributed by atoms with E-state index in [9.17, 15) is 9.59 Å². The average Bonchev–Trinajstić information content (AvgIpc) is 3.12. The van der Waals surface area contributed by atoms with Crippen molar-refractivity contribution in [1.29, 1.82) is 0 Å².